The highest BCUT2D eigenvalue weighted by Gasteiger charge is 2.33. The van der Waals surface area contributed by atoms with Gasteiger partial charge in [0, 0.05) is 19.1 Å². The molecule has 3 aromatic rings. The summed E-state index contributed by atoms with van der Waals surface area (Å²) in [6.07, 6.45) is 4.95. The first-order chi connectivity index (χ1) is 16.2. The number of hydrogen-bond donors (Lipinski definition) is 2. The Kier molecular flexibility index (Phi) is 8.07. The van der Waals surface area contributed by atoms with Crippen molar-refractivity contribution >= 4 is 5.91 Å². The number of aliphatic hydroxyl groups excluding tert-OH is 1. The number of nitrogens with one attached hydrogen (secondary N) is 1. The van der Waals surface area contributed by atoms with E-state index in [1.54, 1.807) is 6.08 Å². The van der Waals surface area contributed by atoms with E-state index in [1.165, 1.54) is 16.7 Å². The monoisotopic (exact) mass is 440 g/mol. The van der Waals surface area contributed by atoms with Crippen LogP contribution in [0.15, 0.2) is 103 Å². The molecule has 4 nitrogen and oxygen atoms in total. The molecule has 3 aromatic carbocycles. The van der Waals surface area contributed by atoms with Gasteiger partial charge in [0.25, 0.3) is 0 Å². The fraction of sp³-hybridized carbons (Fsp3) is 0.276. The molecule has 4 rings (SSSR count). The van der Waals surface area contributed by atoms with Crippen LogP contribution in [0.1, 0.15) is 29.5 Å². The molecule has 0 radical (unpaired) electrons. The lowest BCUT2D eigenvalue weighted by atomic mass is 9.92. The first kappa shape index (κ1) is 23.0. The van der Waals surface area contributed by atoms with Gasteiger partial charge in [-0.3, -0.25) is 9.69 Å². The van der Waals surface area contributed by atoms with E-state index in [-0.39, 0.29) is 18.0 Å². The molecule has 0 spiro atoms. The van der Waals surface area contributed by atoms with Crippen LogP contribution < -0.4 is 5.32 Å². The van der Waals surface area contributed by atoms with E-state index in [0.717, 1.165) is 12.8 Å². The van der Waals surface area contributed by atoms with E-state index in [4.69, 9.17) is 0 Å². The van der Waals surface area contributed by atoms with Gasteiger partial charge in [-0.25, -0.2) is 0 Å². The zero-order valence-electron chi connectivity index (χ0n) is 18.9. The number of carbonyl (C=O) groups is 1. The second-order valence-electron chi connectivity index (χ2n) is 8.72. The highest BCUT2D eigenvalue weighted by atomic mass is 16.3. The summed E-state index contributed by atoms with van der Waals surface area (Å²) in [4.78, 5) is 14.6. The van der Waals surface area contributed by atoms with Gasteiger partial charge in [-0.1, -0.05) is 97.1 Å². The van der Waals surface area contributed by atoms with Crippen molar-refractivity contribution in [3.05, 3.63) is 120 Å². The molecule has 0 saturated carbocycles. The van der Waals surface area contributed by atoms with Crippen molar-refractivity contribution in [3.8, 4) is 0 Å². The van der Waals surface area contributed by atoms with Crippen molar-refractivity contribution in [1.82, 2.24) is 10.2 Å². The average molecular weight is 441 g/mol. The summed E-state index contributed by atoms with van der Waals surface area (Å²) in [5, 5.41) is 14.7. The number of hydrogen-bond acceptors (Lipinski definition) is 3. The Bertz CT molecular complexity index is 980. The highest BCUT2D eigenvalue weighted by Crippen LogP contribution is 2.23. The zero-order chi connectivity index (χ0) is 22.9. The molecule has 33 heavy (non-hydrogen) atoms. The van der Waals surface area contributed by atoms with Gasteiger partial charge in [0.1, 0.15) is 0 Å². The number of carbonyl (C=O) groups excluding carboxylic acids is 1. The molecule has 0 aromatic heterocycles. The van der Waals surface area contributed by atoms with Crippen molar-refractivity contribution in [2.24, 2.45) is 0 Å². The minimum absolute atomic E-state index is 0.132. The lowest BCUT2D eigenvalue weighted by molar-refractivity contribution is -0.118. The summed E-state index contributed by atoms with van der Waals surface area (Å²) in [6.45, 7) is 1.42. The molecule has 170 valence electrons. The van der Waals surface area contributed by atoms with Crippen molar-refractivity contribution in [1.29, 1.82) is 0 Å². The van der Waals surface area contributed by atoms with Crippen LogP contribution in [0.2, 0.25) is 0 Å². The molecule has 1 aliphatic rings. The predicted octanol–water partition coefficient (Wildman–Crippen LogP) is 4.50. The van der Waals surface area contributed by atoms with Gasteiger partial charge in [-0.05, 0) is 42.0 Å². The summed E-state index contributed by atoms with van der Waals surface area (Å²) in [5.74, 6) is -0.132. The lowest BCUT2D eigenvalue weighted by Crippen LogP contribution is -2.54. The van der Waals surface area contributed by atoms with E-state index in [9.17, 15) is 9.90 Å². The van der Waals surface area contributed by atoms with Crippen molar-refractivity contribution in [3.63, 3.8) is 0 Å². The van der Waals surface area contributed by atoms with Crippen LogP contribution in [0.3, 0.4) is 0 Å². The van der Waals surface area contributed by atoms with Crippen molar-refractivity contribution in [2.45, 2.75) is 50.5 Å². The SMILES string of the molecule is O=C1C=CCCC(C(O)C(Cc2ccccc2)N(Cc2ccccc2)Cc2ccccc2)N1. The molecule has 1 amide bonds. The van der Waals surface area contributed by atoms with E-state index >= 15 is 0 Å². The molecule has 0 bridgehead atoms. The standard InChI is InChI=1S/C29H32N2O2/c32-28-19-11-10-18-26(30-28)29(33)27(20-23-12-4-1-5-13-23)31(21-24-14-6-2-7-15-24)22-25-16-8-3-9-17-25/h1-9,11-17,19,26-27,29,33H,10,18,20-22H2,(H,30,32). The average Bonchev–Trinajstić information content (AvgIpc) is 3.08. The number of nitrogens with zero attached hydrogens (tertiary/aromatic N) is 1. The van der Waals surface area contributed by atoms with Crippen LogP contribution in [0.4, 0.5) is 0 Å². The Morgan fingerprint density at radius 2 is 1.33 bits per heavy atom. The first-order valence-corrected chi connectivity index (χ1v) is 11.7. The van der Waals surface area contributed by atoms with Gasteiger partial charge in [0.2, 0.25) is 5.91 Å². The van der Waals surface area contributed by atoms with Crippen LogP contribution in [0, 0.1) is 0 Å². The van der Waals surface area contributed by atoms with E-state index in [0.29, 0.717) is 19.5 Å². The predicted molar refractivity (Wildman–Crippen MR) is 132 cm³/mol. The van der Waals surface area contributed by atoms with Gasteiger partial charge >= 0.3 is 0 Å². The molecule has 4 heteroatoms. The first-order valence-electron chi connectivity index (χ1n) is 11.7. The van der Waals surface area contributed by atoms with Gasteiger partial charge in [-0.15, -0.1) is 0 Å². The fourth-order valence-electron chi connectivity index (χ4n) is 4.54. The molecule has 0 fully saturated rings. The van der Waals surface area contributed by atoms with Crippen molar-refractivity contribution in [2.75, 3.05) is 0 Å². The molecular formula is C29H32N2O2. The molecule has 3 unspecified atom stereocenters. The summed E-state index contributed by atoms with van der Waals surface area (Å²) >= 11 is 0. The van der Waals surface area contributed by atoms with Crippen molar-refractivity contribution < 1.29 is 9.90 Å². The molecule has 3 atom stereocenters. The quantitative estimate of drug-likeness (QED) is 0.515. The summed E-state index contributed by atoms with van der Waals surface area (Å²) < 4.78 is 0. The number of rotatable bonds is 9. The van der Waals surface area contributed by atoms with Crippen LogP contribution in [0.25, 0.3) is 0 Å². The van der Waals surface area contributed by atoms with Crippen LogP contribution >= 0.6 is 0 Å². The van der Waals surface area contributed by atoms with Crippen LogP contribution in [-0.4, -0.2) is 34.1 Å². The largest absolute Gasteiger partial charge is 0.389 e. The second kappa shape index (κ2) is 11.6. The molecular weight excluding hydrogens is 408 g/mol. The molecule has 2 N–H and O–H groups in total. The zero-order valence-corrected chi connectivity index (χ0v) is 18.9. The number of amides is 1. The van der Waals surface area contributed by atoms with Gasteiger partial charge in [0.05, 0.1) is 12.1 Å². The Morgan fingerprint density at radius 3 is 1.88 bits per heavy atom. The summed E-state index contributed by atoms with van der Waals surface area (Å²) in [5.41, 5.74) is 3.57. The van der Waals surface area contributed by atoms with Gasteiger partial charge in [0.15, 0.2) is 0 Å². The van der Waals surface area contributed by atoms with Gasteiger partial charge < -0.3 is 10.4 Å². The maximum absolute atomic E-state index is 12.2. The Morgan fingerprint density at radius 1 is 0.818 bits per heavy atom. The highest BCUT2D eigenvalue weighted by molar-refractivity contribution is 5.88. The number of benzene rings is 3. The topological polar surface area (TPSA) is 52.6 Å². The number of aliphatic hydroxyl groups is 1. The minimum Gasteiger partial charge on any atom is -0.389 e. The van der Waals surface area contributed by atoms with E-state index < -0.39 is 6.10 Å². The van der Waals surface area contributed by atoms with Gasteiger partial charge in [-0.2, -0.15) is 0 Å². The molecule has 1 heterocycles. The maximum atomic E-state index is 12.2. The van der Waals surface area contributed by atoms with Crippen LogP contribution in [0.5, 0.6) is 0 Å². The molecule has 1 aliphatic heterocycles. The normalized spacial score (nSPS) is 17.9. The minimum atomic E-state index is -0.707. The summed E-state index contributed by atoms with van der Waals surface area (Å²) in [6, 6.07) is 30.6. The number of allylic oxidation sites excluding steroid dienone is 1. The third-order valence-electron chi connectivity index (χ3n) is 6.26. The maximum Gasteiger partial charge on any atom is 0.243 e. The lowest BCUT2D eigenvalue weighted by Gasteiger charge is -2.38. The molecule has 0 aliphatic carbocycles. The van der Waals surface area contributed by atoms with Crippen LogP contribution in [-0.2, 0) is 24.3 Å². The smallest absolute Gasteiger partial charge is 0.243 e. The Balaban J connectivity index is 1.66. The Labute approximate surface area is 196 Å². The fourth-order valence-corrected chi connectivity index (χ4v) is 4.54. The summed E-state index contributed by atoms with van der Waals surface area (Å²) in [7, 11) is 0. The Hall–Kier alpha value is -3.21. The van der Waals surface area contributed by atoms with E-state index in [2.05, 4.69) is 70.9 Å². The third kappa shape index (κ3) is 6.64. The third-order valence-corrected chi connectivity index (χ3v) is 6.26. The molecule has 0 saturated heterocycles. The second-order valence-corrected chi connectivity index (χ2v) is 8.72. The van der Waals surface area contributed by atoms with E-state index in [1.807, 2.05) is 36.4 Å².